The third kappa shape index (κ3) is 6.83. The first-order valence-electron chi connectivity index (χ1n) is 11.1. The minimum absolute atomic E-state index is 0.241. The molecule has 28 heavy (non-hydrogen) atoms. The van der Waals surface area contributed by atoms with Crippen molar-refractivity contribution >= 4 is 12.2 Å². The number of hydrogen-bond donors (Lipinski definition) is 0. The van der Waals surface area contributed by atoms with E-state index in [0.29, 0.717) is 0 Å². The van der Waals surface area contributed by atoms with E-state index in [1.54, 1.807) is 0 Å². The molecule has 0 spiro atoms. The second kappa shape index (κ2) is 11.7. The maximum Gasteiger partial charge on any atom is 0.152 e. The lowest BCUT2D eigenvalue weighted by Crippen LogP contribution is -2.43. The molecule has 1 aliphatic heterocycles. The third-order valence-corrected chi connectivity index (χ3v) is 5.52. The van der Waals surface area contributed by atoms with Gasteiger partial charge in [-0.05, 0) is 48.9 Å². The molecule has 2 heteroatoms. The molecule has 2 aromatic carbocycles. The van der Waals surface area contributed by atoms with Crippen molar-refractivity contribution in [1.29, 1.82) is 0 Å². The van der Waals surface area contributed by atoms with E-state index < -0.39 is 0 Å². The van der Waals surface area contributed by atoms with E-state index in [2.05, 4.69) is 72.5 Å². The molecule has 2 aromatic rings. The van der Waals surface area contributed by atoms with Gasteiger partial charge in [0.15, 0.2) is 6.23 Å². The Morgan fingerprint density at radius 3 is 2.32 bits per heavy atom. The van der Waals surface area contributed by atoms with Crippen LogP contribution in [0.1, 0.15) is 69.4 Å². The van der Waals surface area contributed by atoms with Crippen molar-refractivity contribution in [1.82, 2.24) is 4.90 Å². The van der Waals surface area contributed by atoms with Gasteiger partial charge in [-0.15, -0.1) is 0 Å². The molecule has 0 bridgehead atoms. The molecule has 1 unspecified atom stereocenters. The fourth-order valence-electron chi connectivity index (χ4n) is 3.84. The van der Waals surface area contributed by atoms with Gasteiger partial charge in [0, 0.05) is 13.1 Å². The number of piperidine rings is 1. The Hall–Kier alpha value is -2.06. The second-order valence-corrected chi connectivity index (χ2v) is 7.83. The van der Waals surface area contributed by atoms with E-state index in [4.69, 9.17) is 4.74 Å². The normalized spacial score (nSPS) is 17.8. The molecule has 0 aliphatic carbocycles. The number of nitrogens with zero attached hydrogens (tertiary/aromatic N) is 1. The lowest BCUT2D eigenvalue weighted by molar-refractivity contribution is -0.00474. The number of hydrogen-bond acceptors (Lipinski definition) is 2. The second-order valence-electron chi connectivity index (χ2n) is 7.83. The lowest BCUT2D eigenvalue weighted by atomic mass is 10.1. The molecule has 0 radical (unpaired) electrons. The predicted molar refractivity (Wildman–Crippen MR) is 120 cm³/mol. The number of ether oxygens (including phenoxy) is 1. The van der Waals surface area contributed by atoms with Crippen LogP contribution in [0.15, 0.2) is 54.6 Å². The smallest absolute Gasteiger partial charge is 0.152 e. The van der Waals surface area contributed by atoms with Crippen molar-refractivity contribution in [2.75, 3.05) is 13.1 Å². The average Bonchev–Trinajstić information content (AvgIpc) is 2.75. The molecule has 1 atom stereocenters. The highest BCUT2D eigenvalue weighted by Gasteiger charge is 2.23. The Balaban J connectivity index is 1.50. The summed E-state index contributed by atoms with van der Waals surface area (Å²) >= 11 is 0. The van der Waals surface area contributed by atoms with Gasteiger partial charge in [0.25, 0.3) is 0 Å². The highest BCUT2D eigenvalue weighted by atomic mass is 16.5. The van der Waals surface area contributed by atoms with Crippen LogP contribution in [0.25, 0.3) is 12.2 Å². The van der Waals surface area contributed by atoms with E-state index in [9.17, 15) is 0 Å². The van der Waals surface area contributed by atoms with Crippen LogP contribution < -0.4 is 4.74 Å². The Labute approximate surface area is 171 Å². The summed E-state index contributed by atoms with van der Waals surface area (Å²) in [7, 11) is 0. The standard InChI is InChI=1S/C26H35NO/c1-2-3-4-5-10-21-27-22-11-9-14-26(27)28-25-19-17-24(18-20-25)16-15-23-12-7-6-8-13-23/h6-8,12-13,15-20,26H,2-5,9-11,14,21-22H2,1H3/b16-15+. The monoisotopic (exact) mass is 377 g/mol. The summed E-state index contributed by atoms with van der Waals surface area (Å²) in [6.07, 6.45) is 15.0. The van der Waals surface area contributed by atoms with Gasteiger partial charge in [0.1, 0.15) is 5.75 Å². The zero-order chi connectivity index (χ0) is 19.4. The van der Waals surface area contributed by atoms with E-state index in [-0.39, 0.29) is 6.23 Å². The van der Waals surface area contributed by atoms with E-state index in [0.717, 1.165) is 12.2 Å². The molecular formula is C26H35NO. The van der Waals surface area contributed by atoms with Crippen LogP contribution >= 0.6 is 0 Å². The molecule has 0 amide bonds. The highest BCUT2D eigenvalue weighted by Crippen LogP contribution is 2.23. The summed E-state index contributed by atoms with van der Waals surface area (Å²) in [5.74, 6) is 0.986. The van der Waals surface area contributed by atoms with Crippen LogP contribution in [-0.2, 0) is 0 Å². The van der Waals surface area contributed by atoms with Crippen molar-refractivity contribution in [3.63, 3.8) is 0 Å². The Morgan fingerprint density at radius 2 is 1.57 bits per heavy atom. The molecule has 1 fully saturated rings. The van der Waals surface area contributed by atoms with Crippen LogP contribution in [0.5, 0.6) is 5.75 Å². The van der Waals surface area contributed by atoms with Crippen LogP contribution in [0.4, 0.5) is 0 Å². The first-order chi connectivity index (χ1) is 13.8. The van der Waals surface area contributed by atoms with Crippen molar-refractivity contribution in [2.24, 2.45) is 0 Å². The van der Waals surface area contributed by atoms with Crippen LogP contribution in [0, 0.1) is 0 Å². The van der Waals surface area contributed by atoms with E-state index >= 15 is 0 Å². The fourth-order valence-corrected chi connectivity index (χ4v) is 3.84. The van der Waals surface area contributed by atoms with Gasteiger partial charge in [0.05, 0.1) is 0 Å². The van der Waals surface area contributed by atoms with Crippen molar-refractivity contribution in [3.8, 4) is 5.75 Å². The Bertz CT molecular complexity index is 692. The molecule has 1 heterocycles. The molecule has 1 saturated heterocycles. The zero-order valence-electron chi connectivity index (χ0n) is 17.4. The summed E-state index contributed by atoms with van der Waals surface area (Å²) < 4.78 is 6.37. The average molecular weight is 378 g/mol. The lowest BCUT2D eigenvalue weighted by Gasteiger charge is -2.35. The van der Waals surface area contributed by atoms with E-state index in [1.807, 2.05) is 6.07 Å². The SMILES string of the molecule is CCCCCCCN1CCCCC1Oc1ccc(/C=C/c2ccccc2)cc1. The predicted octanol–water partition coefficient (Wildman–Crippen LogP) is 7.02. The zero-order valence-corrected chi connectivity index (χ0v) is 17.4. The summed E-state index contributed by atoms with van der Waals surface area (Å²) in [5, 5.41) is 0. The Kier molecular flexibility index (Phi) is 8.64. The van der Waals surface area contributed by atoms with Gasteiger partial charge in [-0.1, -0.05) is 87.2 Å². The van der Waals surface area contributed by atoms with Gasteiger partial charge in [-0.25, -0.2) is 0 Å². The number of likely N-dealkylation sites (tertiary alicyclic amines) is 1. The minimum atomic E-state index is 0.241. The maximum absolute atomic E-state index is 6.37. The molecule has 3 rings (SSSR count). The molecule has 0 aromatic heterocycles. The van der Waals surface area contributed by atoms with Crippen molar-refractivity contribution in [3.05, 3.63) is 65.7 Å². The number of unbranched alkanes of at least 4 members (excludes halogenated alkanes) is 4. The summed E-state index contributed by atoms with van der Waals surface area (Å²) in [5.41, 5.74) is 2.42. The largest absolute Gasteiger partial charge is 0.475 e. The van der Waals surface area contributed by atoms with Gasteiger partial charge in [0.2, 0.25) is 0 Å². The fraction of sp³-hybridized carbons (Fsp3) is 0.462. The molecule has 0 N–H and O–H groups in total. The molecule has 0 saturated carbocycles. The number of rotatable bonds is 10. The topological polar surface area (TPSA) is 12.5 Å². The van der Waals surface area contributed by atoms with Gasteiger partial charge < -0.3 is 4.74 Å². The quantitative estimate of drug-likeness (QED) is 0.326. The summed E-state index contributed by atoms with van der Waals surface area (Å²) in [4.78, 5) is 2.55. The third-order valence-electron chi connectivity index (χ3n) is 5.52. The van der Waals surface area contributed by atoms with Gasteiger partial charge >= 0.3 is 0 Å². The molecule has 150 valence electrons. The maximum atomic E-state index is 6.37. The van der Waals surface area contributed by atoms with Crippen molar-refractivity contribution < 1.29 is 4.74 Å². The molecule has 1 aliphatic rings. The number of benzene rings is 2. The van der Waals surface area contributed by atoms with Crippen LogP contribution in [0.3, 0.4) is 0 Å². The van der Waals surface area contributed by atoms with E-state index in [1.165, 1.54) is 69.2 Å². The van der Waals surface area contributed by atoms with Crippen molar-refractivity contribution in [2.45, 2.75) is 64.5 Å². The minimum Gasteiger partial charge on any atom is -0.475 e. The van der Waals surface area contributed by atoms with Crippen LogP contribution in [-0.4, -0.2) is 24.2 Å². The van der Waals surface area contributed by atoms with Crippen LogP contribution in [0.2, 0.25) is 0 Å². The first kappa shape index (κ1) is 20.7. The summed E-state index contributed by atoms with van der Waals surface area (Å²) in [6.45, 7) is 4.62. The van der Waals surface area contributed by atoms with Gasteiger partial charge in [-0.2, -0.15) is 0 Å². The molecular weight excluding hydrogens is 342 g/mol. The molecule has 2 nitrogen and oxygen atoms in total. The van der Waals surface area contributed by atoms with Gasteiger partial charge in [-0.3, -0.25) is 4.90 Å². The summed E-state index contributed by atoms with van der Waals surface area (Å²) in [6, 6.07) is 18.9. The highest BCUT2D eigenvalue weighted by molar-refractivity contribution is 5.69. The first-order valence-corrected chi connectivity index (χ1v) is 11.1. The Morgan fingerprint density at radius 1 is 0.857 bits per heavy atom.